The molecular weight excluding hydrogens is 442 g/mol. The van der Waals surface area contributed by atoms with E-state index in [0.29, 0.717) is 10.7 Å². The lowest BCUT2D eigenvalue weighted by atomic mass is 9.66. The Labute approximate surface area is 190 Å². The topological polar surface area (TPSA) is 81.6 Å². The van der Waals surface area contributed by atoms with Gasteiger partial charge in [-0.15, -0.1) is 0 Å². The summed E-state index contributed by atoms with van der Waals surface area (Å²) < 4.78 is 15.2. The van der Waals surface area contributed by atoms with Crippen LogP contribution in [-0.2, 0) is 4.79 Å². The van der Waals surface area contributed by atoms with Crippen molar-refractivity contribution in [1.82, 2.24) is 5.32 Å². The van der Waals surface area contributed by atoms with Crippen molar-refractivity contribution in [3.05, 3.63) is 63.4 Å². The van der Waals surface area contributed by atoms with Crippen LogP contribution >= 0.6 is 23.2 Å². The van der Waals surface area contributed by atoms with Gasteiger partial charge >= 0.3 is 5.97 Å². The Balaban J connectivity index is 1.95. The summed E-state index contributed by atoms with van der Waals surface area (Å²) in [6, 6.07) is 9.06. The SMILES string of the molecule is O=C(O)[C@@H]1NC2(CCCCC2)C(c2ccc(Cl)cc2NCO)[C@H]1c1cccc(Cl)c1F. The second-order valence-corrected chi connectivity index (χ2v) is 9.23. The third kappa shape index (κ3) is 4.02. The maximum Gasteiger partial charge on any atom is 0.321 e. The van der Waals surface area contributed by atoms with Crippen molar-refractivity contribution < 1.29 is 19.4 Å². The van der Waals surface area contributed by atoms with E-state index in [1.54, 1.807) is 24.3 Å². The number of aliphatic hydroxyl groups excluding tert-OH is 1. The highest BCUT2D eigenvalue weighted by atomic mass is 35.5. The second kappa shape index (κ2) is 8.94. The molecule has 8 heteroatoms. The first-order valence-electron chi connectivity index (χ1n) is 10.5. The Bertz CT molecular complexity index is 981. The third-order valence-corrected chi connectivity index (χ3v) is 7.26. The minimum absolute atomic E-state index is 0.0326. The van der Waals surface area contributed by atoms with E-state index in [1.165, 1.54) is 6.07 Å². The van der Waals surface area contributed by atoms with Crippen LogP contribution in [0, 0.1) is 5.82 Å². The molecule has 0 radical (unpaired) electrons. The molecule has 2 aliphatic rings. The van der Waals surface area contributed by atoms with Gasteiger partial charge in [-0.05, 0) is 42.2 Å². The van der Waals surface area contributed by atoms with Crippen molar-refractivity contribution in [2.75, 3.05) is 12.0 Å². The number of carboxylic acids is 1. The number of carbonyl (C=O) groups is 1. The van der Waals surface area contributed by atoms with Crippen LogP contribution in [0.4, 0.5) is 10.1 Å². The fraction of sp³-hybridized carbons (Fsp3) is 0.435. The number of rotatable bonds is 5. The maximum atomic E-state index is 15.2. The molecule has 4 rings (SSSR count). The standard InChI is InChI=1S/C23H25Cl2FN2O3/c24-13-7-8-14(17(11-13)27-12-29)19-18(15-5-4-6-16(25)20(15)26)21(22(30)31)28-23(19)9-2-1-3-10-23/h4-8,11,18-19,21,27-29H,1-3,9-10,12H2,(H,30,31)/t18-,19?,21-/m1/s1. The summed E-state index contributed by atoms with van der Waals surface area (Å²) in [6.07, 6.45) is 4.54. The zero-order valence-corrected chi connectivity index (χ0v) is 18.4. The molecule has 1 spiro atoms. The Morgan fingerprint density at radius 2 is 1.90 bits per heavy atom. The Morgan fingerprint density at radius 1 is 1.16 bits per heavy atom. The average molecular weight is 467 g/mol. The molecule has 2 aromatic rings. The highest BCUT2D eigenvalue weighted by Crippen LogP contribution is 2.56. The van der Waals surface area contributed by atoms with E-state index >= 15 is 4.39 Å². The molecule has 0 aromatic heterocycles. The molecule has 0 bridgehead atoms. The van der Waals surface area contributed by atoms with Gasteiger partial charge in [0.25, 0.3) is 0 Å². The number of benzene rings is 2. The predicted molar refractivity (Wildman–Crippen MR) is 119 cm³/mol. The number of anilines is 1. The summed E-state index contributed by atoms with van der Waals surface area (Å²) in [5.41, 5.74) is 1.19. The van der Waals surface area contributed by atoms with Gasteiger partial charge in [0, 0.05) is 28.1 Å². The van der Waals surface area contributed by atoms with E-state index in [-0.39, 0.29) is 23.2 Å². The molecule has 1 saturated heterocycles. The molecule has 31 heavy (non-hydrogen) atoms. The zero-order chi connectivity index (χ0) is 22.2. The molecule has 5 nitrogen and oxygen atoms in total. The number of hydrogen-bond donors (Lipinski definition) is 4. The van der Waals surface area contributed by atoms with Gasteiger partial charge in [0.1, 0.15) is 18.6 Å². The van der Waals surface area contributed by atoms with E-state index in [9.17, 15) is 15.0 Å². The van der Waals surface area contributed by atoms with Crippen LogP contribution in [-0.4, -0.2) is 34.5 Å². The van der Waals surface area contributed by atoms with Gasteiger partial charge in [-0.25, -0.2) is 4.39 Å². The molecule has 1 aliphatic heterocycles. The van der Waals surface area contributed by atoms with E-state index in [1.807, 2.05) is 6.07 Å². The van der Waals surface area contributed by atoms with Crippen LogP contribution < -0.4 is 10.6 Å². The maximum absolute atomic E-state index is 15.2. The number of aliphatic hydroxyl groups is 1. The van der Waals surface area contributed by atoms with E-state index < -0.39 is 29.3 Å². The molecule has 1 unspecified atom stereocenters. The number of halogens is 3. The second-order valence-electron chi connectivity index (χ2n) is 8.39. The highest BCUT2D eigenvalue weighted by Gasteiger charge is 2.57. The Kier molecular flexibility index (Phi) is 6.44. The fourth-order valence-electron chi connectivity index (χ4n) is 5.54. The van der Waals surface area contributed by atoms with E-state index in [0.717, 1.165) is 37.7 Å². The van der Waals surface area contributed by atoms with Crippen molar-refractivity contribution in [2.24, 2.45) is 0 Å². The van der Waals surface area contributed by atoms with Gasteiger partial charge in [0.15, 0.2) is 0 Å². The molecule has 2 fully saturated rings. The number of aliphatic carboxylic acids is 1. The largest absolute Gasteiger partial charge is 0.480 e. The highest BCUT2D eigenvalue weighted by molar-refractivity contribution is 6.31. The molecule has 2 aromatic carbocycles. The van der Waals surface area contributed by atoms with Gasteiger partial charge < -0.3 is 15.5 Å². The first-order valence-corrected chi connectivity index (χ1v) is 11.2. The van der Waals surface area contributed by atoms with Crippen LogP contribution in [0.3, 0.4) is 0 Å². The number of nitrogens with one attached hydrogen (secondary N) is 2. The fourth-order valence-corrected chi connectivity index (χ4v) is 5.90. The molecule has 1 saturated carbocycles. The summed E-state index contributed by atoms with van der Waals surface area (Å²) in [6.45, 7) is -0.307. The van der Waals surface area contributed by atoms with Crippen LogP contribution in [0.15, 0.2) is 36.4 Å². The predicted octanol–water partition coefficient (Wildman–Crippen LogP) is 5.12. The Morgan fingerprint density at radius 3 is 2.58 bits per heavy atom. The van der Waals surface area contributed by atoms with Crippen molar-refractivity contribution in [2.45, 2.75) is 55.5 Å². The minimum atomic E-state index is -1.03. The Hall–Kier alpha value is -1.86. The molecular formula is C23H25Cl2FN2O3. The smallest absolute Gasteiger partial charge is 0.321 e. The van der Waals surface area contributed by atoms with Crippen LogP contribution in [0.1, 0.15) is 55.1 Å². The van der Waals surface area contributed by atoms with Gasteiger partial charge in [-0.3, -0.25) is 10.1 Å². The molecule has 0 amide bonds. The summed E-state index contributed by atoms with van der Waals surface area (Å²) in [5, 5.41) is 26.4. The summed E-state index contributed by atoms with van der Waals surface area (Å²) >= 11 is 12.3. The normalized spacial score (nSPS) is 25.0. The zero-order valence-electron chi connectivity index (χ0n) is 16.9. The minimum Gasteiger partial charge on any atom is -0.480 e. The lowest BCUT2D eigenvalue weighted by Gasteiger charge is -2.41. The summed E-state index contributed by atoms with van der Waals surface area (Å²) in [7, 11) is 0. The van der Waals surface area contributed by atoms with E-state index in [4.69, 9.17) is 23.2 Å². The summed E-state index contributed by atoms with van der Waals surface area (Å²) in [4.78, 5) is 12.4. The van der Waals surface area contributed by atoms with Crippen molar-refractivity contribution in [3.63, 3.8) is 0 Å². The molecule has 3 atom stereocenters. The van der Waals surface area contributed by atoms with Crippen LogP contribution in [0.5, 0.6) is 0 Å². The van der Waals surface area contributed by atoms with Crippen molar-refractivity contribution in [1.29, 1.82) is 0 Å². The van der Waals surface area contributed by atoms with Crippen molar-refractivity contribution >= 4 is 34.9 Å². The van der Waals surface area contributed by atoms with Gasteiger partial charge in [-0.2, -0.15) is 0 Å². The molecule has 1 heterocycles. The average Bonchev–Trinajstić information content (AvgIpc) is 3.05. The summed E-state index contributed by atoms with van der Waals surface area (Å²) in [5.74, 6) is -2.66. The van der Waals surface area contributed by atoms with E-state index in [2.05, 4.69) is 10.6 Å². The van der Waals surface area contributed by atoms with Crippen LogP contribution in [0.25, 0.3) is 0 Å². The first kappa shape index (κ1) is 22.3. The van der Waals surface area contributed by atoms with Crippen molar-refractivity contribution in [3.8, 4) is 0 Å². The molecule has 4 N–H and O–H groups in total. The van der Waals surface area contributed by atoms with Gasteiger partial charge in [0.05, 0.1) is 5.02 Å². The lowest BCUT2D eigenvalue weighted by molar-refractivity contribution is -0.139. The first-order chi connectivity index (χ1) is 14.9. The number of carboxylic acid groups (broad SMARTS) is 1. The van der Waals surface area contributed by atoms with Gasteiger partial charge in [0.2, 0.25) is 0 Å². The quantitative estimate of drug-likeness (QED) is 0.459. The van der Waals surface area contributed by atoms with Crippen LogP contribution in [0.2, 0.25) is 10.0 Å². The third-order valence-electron chi connectivity index (χ3n) is 6.73. The number of hydrogen-bond acceptors (Lipinski definition) is 4. The monoisotopic (exact) mass is 466 g/mol. The lowest BCUT2D eigenvalue weighted by Crippen LogP contribution is -2.49. The molecule has 166 valence electrons. The molecule has 1 aliphatic carbocycles. The van der Waals surface area contributed by atoms with Gasteiger partial charge in [-0.1, -0.05) is 60.7 Å².